The Labute approximate surface area is 129 Å². The summed E-state index contributed by atoms with van der Waals surface area (Å²) in [5.74, 6) is 0. The molecule has 0 unspecified atom stereocenters. The molecule has 0 saturated heterocycles. The number of fused-ring (bicyclic) bond motifs is 1. The monoisotopic (exact) mass is 297 g/mol. The van der Waals surface area contributed by atoms with Crippen molar-refractivity contribution in [3.05, 3.63) is 47.1 Å². The maximum Gasteiger partial charge on any atom is 0.123 e. The lowest BCUT2D eigenvalue weighted by Crippen LogP contribution is -2.13. The molecule has 3 nitrogen and oxygen atoms in total. The summed E-state index contributed by atoms with van der Waals surface area (Å²) >= 11 is 1.78. The van der Waals surface area contributed by atoms with E-state index in [0.717, 1.165) is 41.1 Å². The molecule has 3 aromatic rings. The fourth-order valence-electron chi connectivity index (χ4n) is 2.30. The van der Waals surface area contributed by atoms with Crippen LogP contribution in [0.1, 0.15) is 23.9 Å². The molecule has 2 aromatic heterocycles. The molecule has 0 bridgehead atoms. The van der Waals surface area contributed by atoms with Crippen LogP contribution in [0.3, 0.4) is 0 Å². The number of aryl methyl sites for hydroxylation is 1. The number of nitrogens with one attached hydrogen (secondary N) is 1. The molecule has 108 valence electrons. The zero-order valence-corrected chi connectivity index (χ0v) is 13.2. The number of pyridine rings is 1. The zero-order chi connectivity index (χ0) is 14.7. The van der Waals surface area contributed by atoms with Gasteiger partial charge in [-0.05, 0) is 44.2 Å². The first-order chi connectivity index (χ1) is 10.3. The second-order valence-electron chi connectivity index (χ2n) is 5.12. The molecule has 0 saturated carbocycles. The standard InChI is InChI=1S/C17H19N3S/c1-3-8-18-11-16-12(2)20-17(21-16)14-6-7-15-13(10-14)5-4-9-19-15/h4-7,9-10,18H,3,8,11H2,1-2H3. The Balaban J connectivity index is 1.89. The lowest BCUT2D eigenvalue weighted by Gasteiger charge is -2.00. The van der Waals surface area contributed by atoms with Gasteiger partial charge in [-0.25, -0.2) is 4.98 Å². The largest absolute Gasteiger partial charge is 0.312 e. The van der Waals surface area contributed by atoms with Crippen molar-refractivity contribution in [1.29, 1.82) is 0 Å². The van der Waals surface area contributed by atoms with Crippen molar-refractivity contribution in [2.45, 2.75) is 26.8 Å². The van der Waals surface area contributed by atoms with Crippen LogP contribution in [0.5, 0.6) is 0 Å². The van der Waals surface area contributed by atoms with Crippen LogP contribution in [0.15, 0.2) is 36.5 Å². The second kappa shape index (κ2) is 6.33. The molecule has 0 aliphatic carbocycles. The van der Waals surface area contributed by atoms with E-state index in [2.05, 4.69) is 48.4 Å². The summed E-state index contributed by atoms with van der Waals surface area (Å²) in [5.41, 5.74) is 3.33. The van der Waals surface area contributed by atoms with Gasteiger partial charge < -0.3 is 5.32 Å². The molecule has 0 radical (unpaired) electrons. The molecule has 4 heteroatoms. The lowest BCUT2D eigenvalue weighted by atomic mass is 10.1. The van der Waals surface area contributed by atoms with Crippen LogP contribution in [0.4, 0.5) is 0 Å². The van der Waals surface area contributed by atoms with Crippen molar-refractivity contribution in [2.75, 3.05) is 6.54 Å². The van der Waals surface area contributed by atoms with E-state index in [0.29, 0.717) is 0 Å². The molecule has 3 rings (SSSR count). The van der Waals surface area contributed by atoms with E-state index >= 15 is 0 Å². The first-order valence-corrected chi connectivity index (χ1v) is 8.11. The smallest absolute Gasteiger partial charge is 0.123 e. The predicted octanol–water partition coefficient (Wildman–Crippen LogP) is 4.17. The minimum Gasteiger partial charge on any atom is -0.312 e. The number of aromatic nitrogens is 2. The maximum atomic E-state index is 4.72. The van der Waals surface area contributed by atoms with Crippen molar-refractivity contribution in [1.82, 2.24) is 15.3 Å². The first-order valence-electron chi connectivity index (χ1n) is 7.30. The lowest BCUT2D eigenvalue weighted by molar-refractivity contribution is 0.678. The highest BCUT2D eigenvalue weighted by Gasteiger charge is 2.09. The van der Waals surface area contributed by atoms with Gasteiger partial charge in [-0.3, -0.25) is 4.98 Å². The van der Waals surface area contributed by atoms with Gasteiger partial charge in [-0.1, -0.05) is 13.0 Å². The van der Waals surface area contributed by atoms with Crippen LogP contribution in [-0.2, 0) is 6.54 Å². The minimum absolute atomic E-state index is 0.909. The fraction of sp³-hybridized carbons (Fsp3) is 0.294. The van der Waals surface area contributed by atoms with E-state index in [1.165, 1.54) is 10.4 Å². The topological polar surface area (TPSA) is 37.8 Å². The fourth-order valence-corrected chi connectivity index (χ4v) is 3.33. The van der Waals surface area contributed by atoms with E-state index in [1.54, 1.807) is 11.3 Å². The van der Waals surface area contributed by atoms with Crippen molar-refractivity contribution in [2.24, 2.45) is 0 Å². The van der Waals surface area contributed by atoms with Crippen molar-refractivity contribution >= 4 is 22.2 Å². The number of hydrogen-bond acceptors (Lipinski definition) is 4. The average molecular weight is 297 g/mol. The van der Waals surface area contributed by atoms with Gasteiger partial charge >= 0.3 is 0 Å². The van der Waals surface area contributed by atoms with Crippen LogP contribution in [0.2, 0.25) is 0 Å². The molecule has 2 heterocycles. The number of rotatable bonds is 5. The highest BCUT2D eigenvalue weighted by atomic mass is 32.1. The summed E-state index contributed by atoms with van der Waals surface area (Å²) in [6.45, 7) is 6.23. The van der Waals surface area contributed by atoms with Crippen molar-refractivity contribution < 1.29 is 0 Å². The quantitative estimate of drug-likeness (QED) is 0.718. The third kappa shape index (κ3) is 3.12. The molecule has 0 aliphatic heterocycles. The van der Waals surface area contributed by atoms with Crippen molar-refractivity contribution in [3.63, 3.8) is 0 Å². The highest BCUT2D eigenvalue weighted by Crippen LogP contribution is 2.29. The van der Waals surface area contributed by atoms with Gasteiger partial charge in [0.1, 0.15) is 5.01 Å². The summed E-state index contributed by atoms with van der Waals surface area (Å²) < 4.78 is 0. The van der Waals surface area contributed by atoms with Gasteiger partial charge in [0.25, 0.3) is 0 Å². The minimum atomic E-state index is 0.909. The Morgan fingerprint density at radius 1 is 1.24 bits per heavy atom. The predicted molar refractivity (Wildman–Crippen MR) is 89.6 cm³/mol. The molecule has 1 N–H and O–H groups in total. The van der Waals surface area contributed by atoms with E-state index in [1.807, 2.05) is 12.3 Å². The van der Waals surface area contributed by atoms with Crippen LogP contribution in [0.25, 0.3) is 21.5 Å². The Bertz CT molecular complexity index is 749. The SMILES string of the molecule is CCCNCc1sc(-c2ccc3ncccc3c2)nc1C. The van der Waals surface area contributed by atoms with Crippen LogP contribution < -0.4 is 5.32 Å². The number of hydrogen-bond donors (Lipinski definition) is 1. The third-order valence-corrected chi connectivity index (χ3v) is 4.66. The van der Waals surface area contributed by atoms with Gasteiger partial charge in [0.15, 0.2) is 0 Å². The van der Waals surface area contributed by atoms with Gasteiger partial charge in [0, 0.05) is 28.6 Å². The van der Waals surface area contributed by atoms with Gasteiger partial charge in [-0.15, -0.1) is 11.3 Å². The summed E-state index contributed by atoms with van der Waals surface area (Å²) in [5, 5.41) is 5.70. The molecule has 0 spiro atoms. The maximum absolute atomic E-state index is 4.72. The van der Waals surface area contributed by atoms with E-state index in [9.17, 15) is 0 Å². The van der Waals surface area contributed by atoms with E-state index in [4.69, 9.17) is 4.98 Å². The van der Waals surface area contributed by atoms with Gasteiger partial charge in [0.2, 0.25) is 0 Å². The summed E-state index contributed by atoms with van der Waals surface area (Å²) in [6, 6.07) is 10.4. The molecule has 0 amide bonds. The summed E-state index contributed by atoms with van der Waals surface area (Å²) in [7, 11) is 0. The number of thiazole rings is 1. The average Bonchev–Trinajstić information content (AvgIpc) is 2.88. The third-order valence-electron chi connectivity index (χ3n) is 3.45. The molecule has 21 heavy (non-hydrogen) atoms. The van der Waals surface area contributed by atoms with E-state index < -0.39 is 0 Å². The first kappa shape index (κ1) is 14.2. The Morgan fingerprint density at radius 2 is 2.14 bits per heavy atom. The van der Waals surface area contributed by atoms with E-state index in [-0.39, 0.29) is 0 Å². The zero-order valence-electron chi connectivity index (χ0n) is 12.4. The molecular weight excluding hydrogens is 278 g/mol. The highest BCUT2D eigenvalue weighted by molar-refractivity contribution is 7.15. The summed E-state index contributed by atoms with van der Waals surface area (Å²) in [4.78, 5) is 10.4. The Morgan fingerprint density at radius 3 is 3.00 bits per heavy atom. The van der Waals surface area contributed by atoms with Crippen LogP contribution in [0, 0.1) is 6.92 Å². The number of nitrogens with zero attached hydrogens (tertiary/aromatic N) is 2. The Kier molecular flexibility index (Phi) is 4.27. The number of benzene rings is 1. The van der Waals surface area contributed by atoms with Crippen LogP contribution >= 0.6 is 11.3 Å². The van der Waals surface area contributed by atoms with Crippen molar-refractivity contribution in [3.8, 4) is 10.6 Å². The molecule has 0 atom stereocenters. The van der Waals surface area contributed by atoms with Gasteiger partial charge in [0.05, 0.1) is 11.2 Å². The molecule has 0 aliphatic rings. The Hall–Kier alpha value is -1.78. The van der Waals surface area contributed by atoms with Crippen LogP contribution in [-0.4, -0.2) is 16.5 Å². The molecule has 0 fully saturated rings. The normalized spacial score (nSPS) is 11.1. The second-order valence-corrected chi connectivity index (χ2v) is 6.20. The molecular formula is C17H19N3S. The van der Waals surface area contributed by atoms with Gasteiger partial charge in [-0.2, -0.15) is 0 Å². The summed E-state index contributed by atoms with van der Waals surface area (Å²) in [6.07, 6.45) is 2.98. The molecule has 1 aromatic carbocycles.